The third-order valence-corrected chi connectivity index (χ3v) is 2.00. The number of aromatic carboxylic acids is 1. The monoisotopic (exact) mass is 203 g/mol. The number of nitrogens with two attached hydrogens (primary N) is 1. The van der Waals surface area contributed by atoms with Gasteiger partial charge in [-0.05, 0) is 12.1 Å². The number of benzene rings is 1. The predicted molar refractivity (Wildman–Crippen MR) is 55.4 cm³/mol. The van der Waals surface area contributed by atoms with E-state index in [0.717, 1.165) is 5.56 Å². The molecule has 0 bridgehead atoms. The molecule has 0 saturated carbocycles. The first-order valence-corrected chi connectivity index (χ1v) is 4.31. The van der Waals surface area contributed by atoms with Crippen LogP contribution in [0.3, 0.4) is 0 Å². The van der Waals surface area contributed by atoms with Gasteiger partial charge in [0, 0.05) is 5.56 Å². The van der Waals surface area contributed by atoms with Crippen molar-refractivity contribution in [1.29, 1.82) is 0 Å². The summed E-state index contributed by atoms with van der Waals surface area (Å²) in [6.45, 7) is 0. The number of anilines is 1. The van der Waals surface area contributed by atoms with Crippen LogP contribution in [0.15, 0.2) is 30.5 Å². The first-order valence-electron chi connectivity index (χ1n) is 4.31. The zero-order valence-corrected chi connectivity index (χ0v) is 7.77. The third kappa shape index (κ3) is 1.80. The lowest BCUT2D eigenvalue weighted by atomic mass is 10.1. The summed E-state index contributed by atoms with van der Waals surface area (Å²) in [6.07, 6.45) is 1.51. The van der Waals surface area contributed by atoms with Crippen LogP contribution in [-0.2, 0) is 0 Å². The molecule has 0 unspecified atom stereocenters. The Morgan fingerprint density at radius 3 is 2.47 bits per heavy atom. The first-order chi connectivity index (χ1) is 7.16. The average Bonchev–Trinajstić information content (AvgIpc) is 2.65. The van der Waals surface area contributed by atoms with E-state index in [1.54, 1.807) is 12.1 Å². The van der Waals surface area contributed by atoms with Gasteiger partial charge in [0.2, 0.25) is 0 Å². The number of imidazole rings is 1. The minimum atomic E-state index is -0.944. The highest BCUT2D eigenvalue weighted by Gasteiger charge is 2.04. The third-order valence-electron chi connectivity index (χ3n) is 2.00. The van der Waals surface area contributed by atoms with Crippen LogP contribution in [0.5, 0.6) is 0 Å². The van der Waals surface area contributed by atoms with Gasteiger partial charge < -0.3 is 15.8 Å². The number of carbonyl (C=O) groups is 1. The van der Waals surface area contributed by atoms with E-state index in [2.05, 4.69) is 9.97 Å². The van der Waals surface area contributed by atoms with E-state index in [1.165, 1.54) is 18.3 Å². The molecule has 0 amide bonds. The highest BCUT2D eigenvalue weighted by molar-refractivity contribution is 5.88. The van der Waals surface area contributed by atoms with Crippen LogP contribution in [0, 0.1) is 0 Å². The summed E-state index contributed by atoms with van der Waals surface area (Å²) in [4.78, 5) is 17.5. The van der Waals surface area contributed by atoms with Gasteiger partial charge in [0.05, 0.1) is 11.8 Å². The van der Waals surface area contributed by atoms with Gasteiger partial charge in [-0.25, -0.2) is 9.78 Å². The Hall–Kier alpha value is -2.30. The van der Waals surface area contributed by atoms with Crippen LogP contribution >= 0.6 is 0 Å². The molecule has 0 aliphatic rings. The van der Waals surface area contributed by atoms with E-state index in [-0.39, 0.29) is 5.56 Å². The van der Waals surface area contributed by atoms with E-state index >= 15 is 0 Å². The van der Waals surface area contributed by atoms with Crippen molar-refractivity contribution in [3.63, 3.8) is 0 Å². The largest absolute Gasteiger partial charge is 0.478 e. The van der Waals surface area contributed by atoms with Crippen LogP contribution in [0.4, 0.5) is 5.82 Å². The number of H-pyrrole nitrogens is 1. The van der Waals surface area contributed by atoms with Crippen molar-refractivity contribution in [1.82, 2.24) is 9.97 Å². The summed E-state index contributed by atoms with van der Waals surface area (Å²) in [7, 11) is 0. The number of carboxylic acid groups (broad SMARTS) is 1. The Bertz CT molecular complexity index is 488. The van der Waals surface area contributed by atoms with Crippen LogP contribution in [0.2, 0.25) is 0 Å². The molecule has 1 heterocycles. The number of nitrogens with one attached hydrogen (secondary N) is 1. The molecule has 2 aromatic rings. The minimum Gasteiger partial charge on any atom is -0.478 e. The van der Waals surface area contributed by atoms with Gasteiger partial charge in [-0.1, -0.05) is 12.1 Å². The van der Waals surface area contributed by atoms with E-state index in [1.807, 2.05) is 0 Å². The molecule has 5 heteroatoms. The van der Waals surface area contributed by atoms with Gasteiger partial charge in [0.1, 0.15) is 11.6 Å². The lowest BCUT2D eigenvalue weighted by Crippen LogP contribution is -1.95. The molecule has 0 aliphatic heterocycles. The lowest BCUT2D eigenvalue weighted by Gasteiger charge is -1.97. The standard InChI is InChI=1S/C10H9N3O2/c11-8-5-12-9(13-8)6-1-3-7(4-2-6)10(14)15/h1-5H,11H2,(H,12,13)(H,14,15). The number of rotatable bonds is 2. The number of hydrogen-bond acceptors (Lipinski definition) is 3. The normalized spacial score (nSPS) is 10.1. The van der Waals surface area contributed by atoms with Gasteiger partial charge in [-0.3, -0.25) is 0 Å². The van der Waals surface area contributed by atoms with E-state index in [0.29, 0.717) is 11.6 Å². The second kappa shape index (κ2) is 3.45. The second-order valence-electron chi connectivity index (χ2n) is 3.07. The van der Waals surface area contributed by atoms with Crippen molar-refractivity contribution in [3.8, 4) is 11.4 Å². The average molecular weight is 203 g/mol. The molecular formula is C10H9N3O2. The van der Waals surface area contributed by atoms with Crippen LogP contribution in [0.1, 0.15) is 10.4 Å². The minimum absolute atomic E-state index is 0.248. The molecule has 0 fully saturated rings. The molecule has 76 valence electrons. The van der Waals surface area contributed by atoms with E-state index in [4.69, 9.17) is 10.8 Å². The van der Waals surface area contributed by atoms with Crippen molar-refractivity contribution in [2.45, 2.75) is 0 Å². The fourth-order valence-corrected chi connectivity index (χ4v) is 1.25. The number of aromatic amines is 1. The van der Waals surface area contributed by atoms with Crippen molar-refractivity contribution < 1.29 is 9.90 Å². The Kier molecular flexibility index (Phi) is 2.13. The molecule has 1 aromatic heterocycles. The van der Waals surface area contributed by atoms with Crippen molar-refractivity contribution in [3.05, 3.63) is 36.0 Å². The van der Waals surface area contributed by atoms with Crippen molar-refractivity contribution >= 4 is 11.8 Å². The van der Waals surface area contributed by atoms with Crippen LogP contribution in [0.25, 0.3) is 11.4 Å². The molecule has 0 spiro atoms. The van der Waals surface area contributed by atoms with Gasteiger partial charge in [0.25, 0.3) is 0 Å². The number of nitrogens with zero attached hydrogens (tertiary/aromatic N) is 1. The van der Waals surface area contributed by atoms with Gasteiger partial charge in [0.15, 0.2) is 0 Å². The second-order valence-corrected chi connectivity index (χ2v) is 3.07. The Labute approximate surface area is 85.6 Å². The molecule has 0 radical (unpaired) electrons. The highest BCUT2D eigenvalue weighted by Crippen LogP contribution is 2.16. The Morgan fingerprint density at radius 1 is 1.33 bits per heavy atom. The molecule has 0 saturated heterocycles. The fraction of sp³-hybridized carbons (Fsp3) is 0. The summed E-state index contributed by atoms with van der Waals surface area (Å²) in [6, 6.07) is 6.41. The van der Waals surface area contributed by atoms with Crippen molar-refractivity contribution in [2.24, 2.45) is 0 Å². The molecular weight excluding hydrogens is 194 g/mol. The molecule has 1 aromatic carbocycles. The molecule has 15 heavy (non-hydrogen) atoms. The number of carboxylic acids is 1. The highest BCUT2D eigenvalue weighted by atomic mass is 16.4. The number of nitrogen functional groups attached to an aromatic ring is 1. The summed E-state index contributed by atoms with van der Waals surface area (Å²) >= 11 is 0. The van der Waals surface area contributed by atoms with Crippen molar-refractivity contribution in [2.75, 3.05) is 5.73 Å². The molecule has 4 N–H and O–H groups in total. The SMILES string of the molecule is Nc1cnc(-c2ccc(C(=O)O)cc2)[nH]1. The first kappa shape index (κ1) is 9.26. The van der Waals surface area contributed by atoms with Gasteiger partial charge in [-0.2, -0.15) is 0 Å². The zero-order valence-electron chi connectivity index (χ0n) is 7.77. The molecule has 5 nitrogen and oxygen atoms in total. The predicted octanol–water partition coefficient (Wildman–Crippen LogP) is 1.36. The Morgan fingerprint density at radius 2 is 2.00 bits per heavy atom. The summed E-state index contributed by atoms with van der Waals surface area (Å²) in [5, 5.41) is 8.71. The summed E-state index contributed by atoms with van der Waals surface area (Å²) < 4.78 is 0. The van der Waals surface area contributed by atoms with Gasteiger partial charge >= 0.3 is 5.97 Å². The summed E-state index contributed by atoms with van der Waals surface area (Å²) in [5.41, 5.74) is 6.53. The van der Waals surface area contributed by atoms with E-state index < -0.39 is 5.97 Å². The Balaban J connectivity index is 2.35. The maximum atomic E-state index is 10.6. The fourth-order valence-electron chi connectivity index (χ4n) is 1.25. The maximum Gasteiger partial charge on any atom is 0.335 e. The van der Waals surface area contributed by atoms with E-state index in [9.17, 15) is 4.79 Å². The smallest absolute Gasteiger partial charge is 0.335 e. The quantitative estimate of drug-likeness (QED) is 0.687. The topological polar surface area (TPSA) is 92.0 Å². The van der Waals surface area contributed by atoms with Crippen LogP contribution in [-0.4, -0.2) is 21.0 Å². The van der Waals surface area contributed by atoms with Crippen LogP contribution < -0.4 is 5.73 Å². The molecule has 0 aliphatic carbocycles. The van der Waals surface area contributed by atoms with Gasteiger partial charge in [-0.15, -0.1) is 0 Å². The molecule has 0 atom stereocenters. The maximum absolute atomic E-state index is 10.6. The number of hydrogen-bond donors (Lipinski definition) is 3. The zero-order chi connectivity index (χ0) is 10.8. The molecule has 2 rings (SSSR count). The summed E-state index contributed by atoms with van der Waals surface area (Å²) in [5.74, 6) is 0.164. The lowest BCUT2D eigenvalue weighted by molar-refractivity contribution is 0.0697. The number of aromatic nitrogens is 2.